The Kier molecular flexibility index (Phi) is 4.45. The fourth-order valence-electron chi connectivity index (χ4n) is 2.05. The lowest BCUT2D eigenvalue weighted by molar-refractivity contribution is -0.117. The molecule has 0 atom stereocenters. The van der Waals surface area contributed by atoms with Gasteiger partial charge < -0.3 is 10.2 Å². The SMILES string of the molecule is CC(C)(Br)C(=O)Nc1ccc(N2CCCCC2)nc1. The molecule has 1 N–H and O–H groups in total. The number of rotatable bonds is 3. The van der Waals surface area contributed by atoms with Crippen molar-refractivity contribution in [2.45, 2.75) is 37.4 Å². The van der Waals surface area contributed by atoms with E-state index in [2.05, 4.69) is 31.1 Å². The number of piperidine rings is 1. The zero-order chi connectivity index (χ0) is 13.9. The fraction of sp³-hybridized carbons (Fsp3) is 0.571. The molecule has 1 aromatic heterocycles. The number of nitrogens with one attached hydrogen (secondary N) is 1. The third-order valence-corrected chi connectivity index (χ3v) is 3.59. The van der Waals surface area contributed by atoms with E-state index < -0.39 is 4.32 Å². The van der Waals surface area contributed by atoms with Crippen LogP contribution in [0.5, 0.6) is 0 Å². The predicted octanol–water partition coefficient (Wildman–Crippen LogP) is 3.18. The number of hydrogen-bond acceptors (Lipinski definition) is 3. The maximum absolute atomic E-state index is 11.8. The first-order chi connectivity index (χ1) is 8.97. The molecule has 0 bridgehead atoms. The maximum atomic E-state index is 11.8. The lowest BCUT2D eigenvalue weighted by atomic mass is 10.1. The standard InChI is InChI=1S/C14H20BrN3O/c1-14(2,15)13(19)17-11-6-7-12(16-10-11)18-8-4-3-5-9-18/h6-7,10H,3-5,8-9H2,1-2H3,(H,17,19). The quantitative estimate of drug-likeness (QED) is 0.868. The first-order valence-electron chi connectivity index (χ1n) is 6.68. The molecule has 5 heteroatoms. The molecule has 104 valence electrons. The number of nitrogens with zero attached hydrogens (tertiary/aromatic N) is 2. The molecule has 1 amide bonds. The highest BCUT2D eigenvalue weighted by Gasteiger charge is 2.23. The maximum Gasteiger partial charge on any atom is 0.240 e. The molecule has 2 heterocycles. The van der Waals surface area contributed by atoms with Crippen LogP contribution in [-0.2, 0) is 4.79 Å². The average Bonchev–Trinajstić information content (AvgIpc) is 2.39. The number of aromatic nitrogens is 1. The highest BCUT2D eigenvalue weighted by atomic mass is 79.9. The summed E-state index contributed by atoms with van der Waals surface area (Å²) >= 11 is 3.34. The Labute approximate surface area is 122 Å². The molecular formula is C14H20BrN3O. The summed E-state index contributed by atoms with van der Waals surface area (Å²) in [6.07, 6.45) is 5.50. The molecule has 0 unspecified atom stereocenters. The molecule has 1 aromatic rings. The third-order valence-electron chi connectivity index (χ3n) is 3.23. The van der Waals surface area contributed by atoms with Gasteiger partial charge in [0, 0.05) is 13.1 Å². The van der Waals surface area contributed by atoms with E-state index in [4.69, 9.17) is 0 Å². The second kappa shape index (κ2) is 5.90. The van der Waals surface area contributed by atoms with E-state index in [0.717, 1.165) is 24.6 Å². The summed E-state index contributed by atoms with van der Waals surface area (Å²) in [4.78, 5) is 18.6. The van der Waals surface area contributed by atoms with Gasteiger partial charge in [-0.3, -0.25) is 4.79 Å². The van der Waals surface area contributed by atoms with Gasteiger partial charge in [0.05, 0.1) is 16.2 Å². The minimum atomic E-state index is -0.571. The fourth-order valence-corrected chi connectivity index (χ4v) is 2.15. The van der Waals surface area contributed by atoms with Crippen LogP contribution in [0, 0.1) is 0 Å². The Balaban J connectivity index is 2.00. The predicted molar refractivity (Wildman–Crippen MR) is 81.9 cm³/mol. The number of halogens is 1. The molecule has 0 aliphatic carbocycles. The van der Waals surface area contributed by atoms with Crippen molar-refractivity contribution in [2.24, 2.45) is 0 Å². The minimum absolute atomic E-state index is 0.0694. The number of alkyl halides is 1. The van der Waals surface area contributed by atoms with Crippen molar-refractivity contribution < 1.29 is 4.79 Å². The summed E-state index contributed by atoms with van der Waals surface area (Å²) in [5.41, 5.74) is 0.735. The summed E-state index contributed by atoms with van der Waals surface area (Å²) < 4.78 is -0.571. The van der Waals surface area contributed by atoms with Gasteiger partial charge in [-0.15, -0.1) is 0 Å². The normalized spacial score (nSPS) is 16.3. The Bertz CT molecular complexity index is 433. The molecular weight excluding hydrogens is 306 g/mol. The highest BCUT2D eigenvalue weighted by Crippen LogP contribution is 2.21. The van der Waals surface area contributed by atoms with Crippen molar-refractivity contribution in [1.82, 2.24) is 4.98 Å². The number of carbonyl (C=O) groups is 1. The van der Waals surface area contributed by atoms with Crippen LogP contribution in [0.4, 0.5) is 11.5 Å². The molecule has 0 spiro atoms. The molecule has 0 saturated carbocycles. The summed E-state index contributed by atoms with van der Waals surface area (Å²) in [7, 11) is 0. The van der Waals surface area contributed by atoms with Crippen molar-refractivity contribution in [1.29, 1.82) is 0 Å². The first kappa shape index (κ1) is 14.3. The van der Waals surface area contributed by atoms with Gasteiger partial charge >= 0.3 is 0 Å². The molecule has 19 heavy (non-hydrogen) atoms. The molecule has 1 fully saturated rings. The van der Waals surface area contributed by atoms with Crippen LogP contribution < -0.4 is 10.2 Å². The lowest BCUT2D eigenvalue weighted by Crippen LogP contribution is -2.31. The van der Waals surface area contributed by atoms with Crippen molar-refractivity contribution in [3.05, 3.63) is 18.3 Å². The van der Waals surface area contributed by atoms with Crippen molar-refractivity contribution in [2.75, 3.05) is 23.3 Å². The smallest absolute Gasteiger partial charge is 0.240 e. The Morgan fingerprint density at radius 2 is 2.00 bits per heavy atom. The van der Waals surface area contributed by atoms with E-state index in [-0.39, 0.29) is 5.91 Å². The molecule has 2 rings (SSSR count). The number of pyridine rings is 1. The number of anilines is 2. The average molecular weight is 326 g/mol. The summed E-state index contributed by atoms with van der Waals surface area (Å²) in [5, 5.41) is 2.85. The summed E-state index contributed by atoms with van der Waals surface area (Å²) in [5.74, 6) is 0.927. The van der Waals surface area contributed by atoms with E-state index in [9.17, 15) is 4.79 Å². The Hall–Kier alpha value is -1.10. The topological polar surface area (TPSA) is 45.2 Å². The number of hydrogen-bond donors (Lipinski definition) is 1. The van der Waals surface area contributed by atoms with Crippen LogP contribution in [0.15, 0.2) is 18.3 Å². The van der Waals surface area contributed by atoms with Gasteiger partial charge in [-0.2, -0.15) is 0 Å². The van der Waals surface area contributed by atoms with Crippen LogP contribution in [0.3, 0.4) is 0 Å². The van der Waals surface area contributed by atoms with Crippen LogP contribution in [0.25, 0.3) is 0 Å². The summed E-state index contributed by atoms with van der Waals surface area (Å²) in [6, 6.07) is 3.88. The molecule has 0 radical (unpaired) electrons. The number of amides is 1. The van der Waals surface area contributed by atoms with Crippen molar-refractivity contribution in [3.63, 3.8) is 0 Å². The largest absolute Gasteiger partial charge is 0.357 e. The van der Waals surface area contributed by atoms with Gasteiger partial charge in [0.1, 0.15) is 5.82 Å². The van der Waals surface area contributed by atoms with Gasteiger partial charge in [0.25, 0.3) is 0 Å². The van der Waals surface area contributed by atoms with Gasteiger partial charge in [-0.05, 0) is 45.2 Å². The van der Waals surface area contributed by atoms with Crippen molar-refractivity contribution in [3.8, 4) is 0 Å². The Morgan fingerprint density at radius 1 is 1.32 bits per heavy atom. The van der Waals surface area contributed by atoms with E-state index >= 15 is 0 Å². The molecule has 1 saturated heterocycles. The minimum Gasteiger partial charge on any atom is -0.357 e. The van der Waals surface area contributed by atoms with Gasteiger partial charge in [0.15, 0.2) is 0 Å². The van der Waals surface area contributed by atoms with Gasteiger partial charge in [0.2, 0.25) is 5.91 Å². The van der Waals surface area contributed by atoms with E-state index in [1.165, 1.54) is 19.3 Å². The molecule has 1 aliphatic rings. The first-order valence-corrected chi connectivity index (χ1v) is 7.47. The van der Waals surface area contributed by atoms with Gasteiger partial charge in [-0.25, -0.2) is 4.98 Å². The monoisotopic (exact) mass is 325 g/mol. The number of carbonyl (C=O) groups excluding carboxylic acids is 1. The zero-order valence-corrected chi connectivity index (χ0v) is 13.0. The third kappa shape index (κ3) is 3.93. The summed E-state index contributed by atoms with van der Waals surface area (Å²) in [6.45, 7) is 5.79. The second-order valence-corrected chi connectivity index (χ2v) is 7.36. The molecule has 4 nitrogen and oxygen atoms in total. The molecule has 0 aromatic carbocycles. The van der Waals surface area contributed by atoms with Crippen LogP contribution in [0.2, 0.25) is 0 Å². The van der Waals surface area contributed by atoms with Crippen LogP contribution in [0.1, 0.15) is 33.1 Å². The van der Waals surface area contributed by atoms with E-state index in [0.29, 0.717) is 0 Å². The zero-order valence-electron chi connectivity index (χ0n) is 11.4. The van der Waals surface area contributed by atoms with Crippen molar-refractivity contribution >= 4 is 33.3 Å². The highest BCUT2D eigenvalue weighted by molar-refractivity contribution is 9.10. The van der Waals surface area contributed by atoms with E-state index in [1.807, 2.05) is 26.0 Å². The van der Waals surface area contributed by atoms with E-state index in [1.54, 1.807) is 6.20 Å². The second-order valence-electron chi connectivity index (χ2n) is 5.38. The molecule has 1 aliphatic heterocycles. The lowest BCUT2D eigenvalue weighted by Gasteiger charge is -2.27. The van der Waals surface area contributed by atoms with Gasteiger partial charge in [-0.1, -0.05) is 15.9 Å². The van der Waals surface area contributed by atoms with Crippen LogP contribution >= 0.6 is 15.9 Å². The Morgan fingerprint density at radius 3 is 2.53 bits per heavy atom. The van der Waals surface area contributed by atoms with Crippen LogP contribution in [-0.4, -0.2) is 28.3 Å².